The highest BCUT2D eigenvalue weighted by Gasteiger charge is 2.40. The average molecular weight is 455 g/mol. The molecule has 2 aromatic heterocycles. The lowest BCUT2D eigenvalue weighted by atomic mass is 9.86. The van der Waals surface area contributed by atoms with E-state index in [0.29, 0.717) is 62.2 Å². The summed E-state index contributed by atoms with van der Waals surface area (Å²) in [5, 5.41) is 19.7. The van der Waals surface area contributed by atoms with Gasteiger partial charge in [0.15, 0.2) is 11.0 Å². The number of aliphatic hydroxyl groups is 1. The first-order valence-corrected chi connectivity index (χ1v) is 11.3. The molecule has 2 aromatic rings. The van der Waals surface area contributed by atoms with Crippen molar-refractivity contribution in [3.8, 4) is 0 Å². The molecule has 0 radical (unpaired) electrons. The first kappa shape index (κ1) is 20.6. The Morgan fingerprint density at radius 3 is 2.77 bits per heavy atom. The van der Waals surface area contributed by atoms with Gasteiger partial charge in [-0.25, -0.2) is 18.6 Å². The Labute approximate surface area is 181 Å². The summed E-state index contributed by atoms with van der Waals surface area (Å²) in [5.74, 6) is -2.18. The normalized spacial score (nSPS) is 22.1. The number of carbonyl (C=O) groups excluding carboxylic acids is 1. The topological polar surface area (TPSA) is 116 Å². The number of alkyl halides is 2. The number of hydrogen-bond donors (Lipinski definition) is 3. The second-order valence-electron chi connectivity index (χ2n) is 8.66. The van der Waals surface area contributed by atoms with Crippen molar-refractivity contribution in [2.75, 3.05) is 23.3 Å². The Bertz CT molecular complexity index is 966. The monoisotopic (exact) mass is 454 g/mol. The SMILES string of the molecule is O=C(NCC1(O)CC1)Nc1nc2c(s1)CN(c1nc(C3CCC(F)(F)CC3)no1)CC2. The molecule has 3 heterocycles. The minimum atomic E-state index is -2.58. The second kappa shape index (κ2) is 7.66. The molecule has 5 rings (SSSR count). The third kappa shape index (κ3) is 4.64. The molecule has 2 fully saturated rings. The third-order valence-electron chi connectivity index (χ3n) is 6.14. The van der Waals surface area contributed by atoms with E-state index < -0.39 is 11.5 Å². The average Bonchev–Trinajstić information content (AvgIpc) is 3.13. The Morgan fingerprint density at radius 1 is 1.26 bits per heavy atom. The van der Waals surface area contributed by atoms with Crippen LogP contribution in [0.4, 0.5) is 24.7 Å². The van der Waals surface area contributed by atoms with Gasteiger partial charge in [-0.15, -0.1) is 0 Å². The lowest BCUT2D eigenvalue weighted by Gasteiger charge is -2.26. The van der Waals surface area contributed by atoms with Gasteiger partial charge in [0.05, 0.1) is 17.8 Å². The van der Waals surface area contributed by atoms with E-state index in [-0.39, 0.29) is 31.3 Å². The smallest absolute Gasteiger partial charge is 0.324 e. The quantitative estimate of drug-likeness (QED) is 0.636. The van der Waals surface area contributed by atoms with Gasteiger partial charge in [0.25, 0.3) is 0 Å². The van der Waals surface area contributed by atoms with Gasteiger partial charge >= 0.3 is 12.0 Å². The zero-order valence-electron chi connectivity index (χ0n) is 16.9. The van der Waals surface area contributed by atoms with Crippen molar-refractivity contribution in [2.45, 2.75) is 68.9 Å². The summed E-state index contributed by atoms with van der Waals surface area (Å²) >= 11 is 1.39. The van der Waals surface area contributed by atoms with E-state index in [9.17, 15) is 18.7 Å². The number of fused-ring (bicyclic) bond motifs is 1. The molecule has 168 valence electrons. The number of anilines is 2. The van der Waals surface area contributed by atoms with Crippen LogP contribution in [0.1, 0.15) is 60.8 Å². The summed E-state index contributed by atoms with van der Waals surface area (Å²) in [4.78, 5) is 23.9. The molecule has 12 heteroatoms. The summed E-state index contributed by atoms with van der Waals surface area (Å²) in [7, 11) is 0. The first-order chi connectivity index (χ1) is 14.8. The molecule has 2 amide bonds. The van der Waals surface area contributed by atoms with Crippen LogP contribution < -0.4 is 15.5 Å². The fourth-order valence-electron chi connectivity index (χ4n) is 3.94. The zero-order chi connectivity index (χ0) is 21.6. The van der Waals surface area contributed by atoms with Crippen LogP contribution in [0.15, 0.2) is 4.52 Å². The number of urea groups is 1. The maximum absolute atomic E-state index is 13.4. The van der Waals surface area contributed by atoms with Crippen LogP contribution in [-0.2, 0) is 13.0 Å². The second-order valence-corrected chi connectivity index (χ2v) is 9.74. The molecule has 0 unspecified atom stereocenters. The lowest BCUT2D eigenvalue weighted by molar-refractivity contribution is -0.0389. The molecule has 0 bridgehead atoms. The Hall–Kier alpha value is -2.34. The summed E-state index contributed by atoms with van der Waals surface area (Å²) < 4.78 is 32.2. The van der Waals surface area contributed by atoms with Crippen molar-refractivity contribution in [1.29, 1.82) is 0 Å². The molecule has 31 heavy (non-hydrogen) atoms. The number of rotatable bonds is 5. The predicted molar refractivity (Wildman–Crippen MR) is 109 cm³/mol. The van der Waals surface area contributed by atoms with Gasteiger partial charge in [-0.2, -0.15) is 4.98 Å². The third-order valence-corrected chi connectivity index (χ3v) is 7.14. The van der Waals surface area contributed by atoms with Crippen molar-refractivity contribution in [1.82, 2.24) is 20.4 Å². The largest absolute Gasteiger partial charge is 0.388 e. The zero-order valence-corrected chi connectivity index (χ0v) is 17.7. The summed E-state index contributed by atoms with van der Waals surface area (Å²) in [6, 6.07) is -0.000747. The Balaban J connectivity index is 1.18. The van der Waals surface area contributed by atoms with Crippen molar-refractivity contribution >= 4 is 28.5 Å². The van der Waals surface area contributed by atoms with Crippen LogP contribution in [-0.4, -0.2) is 50.9 Å². The number of aromatic nitrogens is 3. The summed E-state index contributed by atoms with van der Waals surface area (Å²) in [6.45, 7) is 1.40. The van der Waals surface area contributed by atoms with Gasteiger partial charge in [0, 0.05) is 43.1 Å². The number of hydrogen-bond acceptors (Lipinski definition) is 8. The van der Waals surface area contributed by atoms with Crippen LogP contribution in [0.5, 0.6) is 0 Å². The molecule has 0 aromatic carbocycles. The van der Waals surface area contributed by atoms with Crippen molar-refractivity contribution in [3.05, 3.63) is 16.4 Å². The summed E-state index contributed by atoms with van der Waals surface area (Å²) in [6.07, 6.45) is 2.52. The number of nitrogens with zero attached hydrogens (tertiary/aromatic N) is 4. The number of amides is 2. The molecule has 9 nitrogen and oxygen atoms in total. The van der Waals surface area contributed by atoms with Gasteiger partial charge < -0.3 is 19.8 Å². The molecule has 3 N–H and O–H groups in total. The van der Waals surface area contributed by atoms with E-state index >= 15 is 0 Å². The molecule has 1 aliphatic heterocycles. The van der Waals surface area contributed by atoms with Gasteiger partial charge in [0.1, 0.15) is 0 Å². The van der Waals surface area contributed by atoms with Crippen LogP contribution in [0.25, 0.3) is 0 Å². The molecule has 0 saturated heterocycles. The fraction of sp³-hybridized carbons (Fsp3) is 0.684. The lowest BCUT2D eigenvalue weighted by Crippen LogP contribution is -2.36. The van der Waals surface area contributed by atoms with Crippen LogP contribution in [0, 0.1) is 0 Å². The number of halogens is 2. The Kier molecular flexibility index (Phi) is 5.08. The number of carbonyl (C=O) groups is 1. The highest BCUT2D eigenvalue weighted by atomic mass is 32.1. The van der Waals surface area contributed by atoms with Crippen LogP contribution in [0.3, 0.4) is 0 Å². The van der Waals surface area contributed by atoms with Crippen molar-refractivity contribution < 1.29 is 23.2 Å². The van der Waals surface area contributed by atoms with E-state index in [1.54, 1.807) is 0 Å². The van der Waals surface area contributed by atoms with Crippen LogP contribution in [0.2, 0.25) is 0 Å². The molecular formula is C19H24F2N6O3S. The van der Waals surface area contributed by atoms with E-state index in [4.69, 9.17) is 4.52 Å². The van der Waals surface area contributed by atoms with E-state index in [2.05, 4.69) is 25.8 Å². The van der Waals surface area contributed by atoms with E-state index in [1.165, 1.54) is 11.3 Å². The highest BCUT2D eigenvalue weighted by Crippen LogP contribution is 2.40. The minimum Gasteiger partial charge on any atom is -0.388 e. The molecule has 2 aliphatic carbocycles. The highest BCUT2D eigenvalue weighted by molar-refractivity contribution is 7.15. The van der Waals surface area contributed by atoms with Gasteiger partial charge in [0.2, 0.25) is 5.92 Å². The first-order valence-electron chi connectivity index (χ1n) is 10.5. The predicted octanol–water partition coefficient (Wildman–Crippen LogP) is 3.03. The molecule has 0 spiro atoms. The maximum atomic E-state index is 13.4. The van der Waals surface area contributed by atoms with E-state index in [1.807, 2.05) is 4.90 Å². The van der Waals surface area contributed by atoms with Gasteiger partial charge in [-0.1, -0.05) is 16.5 Å². The minimum absolute atomic E-state index is 0.0936. The molecular weight excluding hydrogens is 430 g/mol. The Morgan fingerprint density at radius 2 is 2.03 bits per heavy atom. The van der Waals surface area contributed by atoms with Crippen LogP contribution >= 0.6 is 11.3 Å². The molecule has 2 saturated carbocycles. The number of thiazole rings is 1. The fourth-order valence-corrected chi connectivity index (χ4v) is 4.96. The molecule has 0 atom stereocenters. The molecule has 3 aliphatic rings. The van der Waals surface area contributed by atoms with E-state index in [0.717, 1.165) is 10.6 Å². The van der Waals surface area contributed by atoms with Crippen molar-refractivity contribution in [2.24, 2.45) is 0 Å². The number of nitrogens with one attached hydrogen (secondary N) is 2. The van der Waals surface area contributed by atoms with Gasteiger partial charge in [-0.05, 0) is 25.7 Å². The summed E-state index contributed by atoms with van der Waals surface area (Å²) in [5.41, 5.74) is 0.174. The van der Waals surface area contributed by atoms with Crippen molar-refractivity contribution in [3.63, 3.8) is 0 Å². The van der Waals surface area contributed by atoms with Gasteiger partial charge in [-0.3, -0.25) is 5.32 Å². The standard InChI is InChI=1S/C19H24F2N6O3S/c20-19(21)4-1-11(2-5-19)14-24-17(30-26-14)27-8-3-12-13(9-27)31-16(23-12)25-15(28)22-10-18(29)6-7-18/h11,29H,1-10H2,(H2,22,23,25,28). The maximum Gasteiger partial charge on any atom is 0.324 e.